The fourth-order valence-corrected chi connectivity index (χ4v) is 1.77. The number of carbonyl (C=O) groups excluding carboxylic acids is 1. The highest BCUT2D eigenvalue weighted by molar-refractivity contribution is 6.09. The molecule has 0 bridgehead atoms. The van der Waals surface area contributed by atoms with E-state index in [1.54, 1.807) is 0 Å². The van der Waals surface area contributed by atoms with Crippen LogP contribution in [0, 0.1) is 11.6 Å². The minimum atomic E-state index is -0.555. The summed E-state index contributed by atoms with van der Waals surface area (Å²) < 4.78 is 36.3. The van der Waals surface area contributed by atoms with Crippen molar-refractivity contribution in [2.75, 3.05) is 14.2 Å². The van der Waals surface area contributed by atoms with E-state index in [1.807, 2.05) is 0 Å². The molecule has 0 amide bonds. The highest BCUT2D eigenvalue weighted by Gasteiger charge is 2.14. The summed E-state index contributed by atoms with van der Waals surface area (Å²) in [4.78, 5) is 12.2. The summed E-state index contributed by atoms with van der Waals surface area (Å²) in [6.45, 7) is 0. The summed E-state index contributed by atoms with van der Waals surface area (Å²) in [6, 6.07) is 7.58. The van der Waals surface area contributed by atoms with Crippen LogP contribution in [0.1, 0.15) is 15.9 Å². The summed E-state index contributed by atoms with van der Waals surface area (Å²) in [5, 5.41) is 0. The van der Waals surface area contributed by atoms with Crippen molar-refractivity contribution in [3.05, 3.63) is 59.2 Å². The van der Waals surface area contributed by atoms with E-state index in [0.717, 1.165) is 12.1 Å². The summed E-state index contributed by atoms with van der Waals surface area (Å²) in [5.74, 6) is -1.53. The highest BCUT2D eigenvalue weighted by Crippen LogP contribution is 2.23. The first-order valence-corrected chi connectivity index (χ1v) is 5.78. The van der Waals surface area contributed by atoms with Gasteiger partial charge in [-0.3, -0.25) is 4.79 Å². The van der Waals surface area contributed by atoms with Crippen molar-refractivity contribution in [2.24, 2.45) is 0 Å². The van der Waals surface area contributed by atoms with E-state index >= 15 is 0 Å². The van der Waals surface area contributed by atoms with Crippen LogP contribution in [-0.4, -0.2) is 20.0 Å². The van der Waals surface area contributed by atoms with Gasteiger partial charge in [0.05, 0.1) is 14.2 Å². The Labute approximate surface area is 114 Å². The van der Waals surface area contributed by atoms with Gasteiger partial charge in [0.1, 0.15) is 0 Å². The molecule has 0 fully saturated rings. The lowest BCUT2D eigenvalue weighted by Gasteiger charge is -2.07. The smallest absolute Gasteiger partial charge is 0.193 e. The number of rotatable bonds is 4. The van der Waals surface area contributed by atoms with E-state index in [0.29, 0.717) is 0 Å². The van der Waals surface area contributed by atoms with Crippen LogP contribution in [0.4, 0.5) is 8.78 Å². The van der Waals surface area contributed by atoms with Crippen LogP contribution in [0.2, 0.25) is 0 Å². The summed E-state index contributed by atoms with van der Waals surface area (Å²) >= 11 is 0. The molecular formula is C15H12F2O3. The third-order valence-corrected chi connectivity index (χ3v) is 2.83. The second-order valence-electron chi connectivity index (χ2n) is 4.03. The second-order valence-corrected chi connectivity index (χ2v) is 4.03. The van der Waals surface area contributed by atoms with Gasteiger partial charge >= 0.3 is 0 Å². The van der Waals surface area contributed by atoms with Gasteiger partial charge < -0.3 is 9.47 Å². The molecule has 0 radical (unpaired) electrons. The van der Waals surface area contributed by atoms with Crippen molar-refractivity contribution in [3.8, 4) is 11.5 Å². The number of hydrogen-bond acceptors (Lipinski definition) is 3. The van der Waals surface area contributed by atoms with E-state index in [4.69, 9.17) is 9.47 Å². The van der Waals surface area contributed by atoms with Crippen molar-refractivity contribution < 1.29 is 23.0 Å². The standard InChI is InChI=1S/C15H12F2O3/c1-19-13-7-9(3-5-11(13)16)15(18)10-4-6-12(17)14(8-10)20-2/h3-8H,1-2H3. The van der Waals surface area contributed by atoms with Crippen molar-refractivity contribution in [1.29, 1.82) is 0 Å². The third-order valence-electron chi connectivity index (χ3n) is 2.83. The first kappa shape index (κ1) is 14.0. The molecule has 104 valence electrons. The fraction of sp³-hybridized carbons (Fsp3) is 0.133. The lowest BCUT2D eigenvalue weighted by atomic mass is 10.0. The molecule has 0 spiro atoms. The normalized spacial score (nSPS) is 10.2. The van der Waals surface area contributed by atoms with E-state index < -0.39 is 11.6 Å². The topological polar surface area (TPSA) is 35.5 Å². The van der Waals surface area contributed by atoms with Gasteiger partial charge in [-0.25, -0.2) is 8.78 Å². The zero-order valence-corrected chi connectivity index (χ0v) is 10.9. The van der Waals surface area contributed by atoms with E-state index in [2.05, 4.69) is 0 Å². The van der Waals surface area contributed by atoms with Gasteiger partial charge in [0, 0.05) is 11.1 Å². The van der Waals surface area contributed by atoms with Crippen LogP contribution in [0.15, 0.2) is 36.4 Å². The number of carbonyl (C=O) groups is 1. The Morgan fingerprint density at radius 1 is 0.850 bits per heavy atom. The van der Waals surface area contributed by atoms with Gasteiger partial charge in [0.2, 0.25) is 0 Å². The van der Waals surface area contributed by atoms with Gasteiger partial charge in [-0.05, 0) is 36.4 Å². The zero-order valence-electron chi connectivity index (χ0n) is 10.9. The Bertz CT molecular complexity index is 598. The average molecular weight is 278 g/mol. The quantitative estimate of drug-likeness (QED) is 0.806. The van der Waals surface area contributed by atoms with E-state index in [-0.39, 0.29) is 28.4 Å². The molecular weight excluding hydrogens is 266 g/mol. The summed E-state index contributed by atoms with van der Waals surface area (Å²) in [5.41, 5.74) is 0.494. The number of ether oxygens (including phenoxy) is 2. The first-order chi connectivity index (χ1) is 9.56. The van der Waals surface area contributed by atoms with Gasteiger partial charge in [-0.1, -0.05) is 0 Å². The molecule has 20 heavy (non-hydrogen) atoms. The first-order valence-electron chi connectivity index (χ1n) is 5.78. The van der Waals surface area contributed by atoms with Crippen LogP contribution >= 0.6 is 0 Å². The SMILES string of the molecule is COc1cc(C(=O)c2ccc(F)c(OC)c2)ccc1F. The Morgan fingerprint density at radius 3 is 1.60 bits per heavy atom. The fourth-order valence-electron chi connectivity index (χ4n) is 1.77. The lowest BCUT2D eigenvalue weighted by molar-refractivity contribution is 0.103. The van der Waals surface area contributed by atoms with Crippen molar-refractivity contribution >= 4 is 5.78 Å². The molecule has 3 nitrogen and oxygen atoms in total. The molecule has 0 N–H and O–H groups in total. The molecule has 0 aromatic heterocycles. The largest absolute Gasteiger partial charge is 0.494 e. The molecule has 2 rings (SSSR count). The summed E-state index contributed by atoms with van der Waals surface area (Å²) in [7, 11) is 2.63. The van der Waals surface area contributed by atoms with Gasteiger partial charge in [0.15, 0.2) is 28.9 Å². The molecule has 5 heteroatoms. The van der Waals surface area contributed by atoms with Crippen molar-refractivity contribution in [2.45, 2.75) is 0 Å². The van der Waals surface area contributed by atoms with Crippen molar-refractivity contribution in [1.82, 2.24) is 0 Å². The Hall–Kier alpha value is -2.43. The Morgan fingerprint density at radius 2 is 1.25 bits per heavy atom. The number of hydrogen-bond donors (Lipinski definition) is 0. The molecule has 0 aliphatic carbocycles. The summed E-state index contributed by atoms with van der Waals surface area (Å²) in [6.07, 6.45) is 0. The molecule has 0 aliphatic rings. The lowest BCUT2D eigenvalue weighted by Crippen LogP contribution is -2.03. The maximum atomic E-state index is 13.3. The maximum Gasteiger partial charge on any atom is 0.193 e. The minimum absolute atomic E-state index is 0.0232. The molecule has 0 unspecified atom stereocenters. The number of ketones is 1. The number of benzene rings is 2. The monoisotopic (exact) mass is 278 g/mol. The predicted octanol–water partition coefficient (Wildman–Crippen LogP) is 3.21. The predicted molar refractivity (Wildman–Crippen MR) is 69.3 cm³/mol. The van der Waals surface area contributed by atoms with Gasteiger partial charge in [-0.2, -0.15) is 0 Å². The molecule has 2 aromatic carbocycles. The Kier molecular flexibility index (Phi) is 3.98. The minimum Gasteiger partial charge on any atom is -0.494 e. The Balaban J connectivity index is 2.41. The van der Waals surface area contributed by atoms with Crippen LogP contribution in [0.25, 0.3) is 0 Å². The maximum absolute atomic E-state index is 13.3. The van der Waals surface area contributed by atoms with Crippen LogP contribution in [0.5, 0.6) is 11.5 Å². The van der Waals surface area contributed by atoms with Gasteiger partial charge in [-0.15, -0.1) is 0 Å². The van der Waals surface area contributed by atoms with E-state index in [9.17, 15) is 13.6 Å². The highest BCUT2D eigenvalue weighted by atomic mass is 19.1. The van der Waals surface area contributed by atoms with Crippen LogP contribution in [0.3, 0.4) is 0 Å². The number of methoxy groups -OCH3 is 2. The average Bonchev–Trinajstić information content (AvgIpc) is 2.47. The zero-order chi connectivity index (χ0) is 14.7. The molecule has 0 atom stereocenters. The molecule has 0 saturated carbocycles. The van der Waals surface area contributed by atoms with E-state index in [1.165, 1.54) is 38.5 Å². The molecule has 0 aliphatic heterocycles. The van der Waals surface area contributed by atoms with Crippen LogP contribution < -0.4 is 9.47 Å². The van der Waals surface area contributed by atoms with Crippen LogP contribution in [-0.2, 0) is 0 Å². The molecule has 0 heterocycles. The number of halogens is 2. The van der Waals surface area contributed by atoms with Crippen molar-refractivity contribution in [3.63, 3.8) is 0 Å². The second kappa shape index (κ2) is 5.69. The molecule has 0 saturated heterocycles. The third kappa shape index (κ3) is 2.61. The molecule has 2 aromatic rings. The van der Waals surface area contributed by atoms with Gasteiger partial charge in [0.25, 0.3) is 0 Å².